The second-order valence-corrected chi connectivity index (χ2v) is 3.37. The molecule has 1 atom stereocenters. The third-order valence-electron chi connectivity index (χ3n) is 1.57. The molecule has 0 aliphatic heterocycles. The zero-order valence-electron chi connectivity index (χ0n) is 8.58. The van der Waals surface area contributed by atoms with Gasteiger partial charge >= 0.3 is 5.97 Å². The molecule has 0 aromatic carbocycles. The van der Waals surface area contributed by atoms with Gasteiger partial charge in [0.15, 0.2) is 0 Å². The van der Waals surface area contributed by atoms with Crippen LogP contribution in [0.2, 0.25) is 0 Å². The summed E-state index contributed by atoms with van der Waals surface area (Å²) in [6.07, 6.45) is 0.0133. The molecule has 0 fully saturated rings. The largest absolute Gasteiger partial charge is 0.465 e. The highest BCUT2D eigenvalue weighted by atomic mass is 16.5. The van der Waals surface area contributed by atoms with E-state index in [0.29, 0.717) is 19.1 Å². The molecular formula is C9H19NO3. The van der Waals surface area contributed by atoms with Gasteiger partial charge in [-0.05, 0) is 5.92 Å². The molecule has 0 heterocycles. The van der Waals surface area contributed by atoms with Gasteiger partial charge in [0.05, 0.1) is 19.1 Å². The zero-order valence-corrected chi connectivity index (χ0v) is 8.58. The molecule has 2 N–H and O–H groups in total. The van der Waals surface area contributed by atoms with Crippen LogP contribution in [-0.4, -0.2) is 32.3 Å². The van der Waals surface area contributed by atoms with Gasteiger partial charge < -0.3 is 15.2 Å². The molecule has 0 aromatic rings. The van der Waals surface area contributed by atoms with E-state index in [1.54, 1.807) is 0 Å². The van der Waals surface area contributed by atoms with E-state index in [2.05, 4.69) is 0 Å². The van der Waals surface area contributed by atoms with Gasteiger partial charge in [-0.1, -0.05) is 13.8 Å². The molecule has 1 unspecified atom stereocenters. The maximum atomic E-state index is 11.1. The van der Waals surface area contributed by atoms with Crippen LogP contribution in [0.15, 0.2) is 0 Å². The second-order valence-electron chi connectivity index (χ2n) is 3.37. The summed E-state index contributed by atoms with van der Waals surface area (Å²) in [4.78, 5) is 11.1. The van der Waals surface area contributed by atoms with Crippen molar-refractivity contribution in [1.29, 1.82) is 0 Å². The number of methoxy groups -OCH3 is 1. The maximum absolute atomic E-state index is 11.1. The molecule has 4 heteroatoms. The van der Waals surface area contributed by atoms with Crippen LogP contribution in [0.4, 0.5) is 0 Å². The van der Waals surface area contributed by atoms with Crippen molar-refractivity contribution in [3.05, 3.63) is 0 Å². The molecule has 0 amide bonds. The summed E-state index contributed by atoms with van der Waals surface area (Å²) in [5, 5.41) is 0. The van der Waals surface area contributed by atoms with Crippen molar-refractivity contribution in [3.8, 4) is 0 Å². The van der Waals surface area contributed by atoms with Crippen LogP contribution in [0.5, 0.6) is 0 Å². The van der Waals surface area contributed by atoms with Crippen LogP contribution in [-0.2, 0) is 14.3 Å². The number of carbonyl (C=O) groups is 1. The predicted octanol–water partition coefficient (Wildman–Crippen LogP) is 0.549. The number of rotatable bonds is 6. The van der Waals surface area contributed by atoms with Crippen molar-refractivity contribution < 1.29 is 14.3 Å². The lowest BCUT2D eigenvalue weighted by molar-refractivity contribution is -0.147. The fraction of sp³-hybridized carbons (Fsp3) is 0.889. The SMILES string of the molecule is COC(CN)CC(=O)OCC(C)C. The number of esters is 1. The fourth-order valence-corrected chi connectivity index (χ4v) is 0.767. The van der Waals surface area contributed by atoms with Gasteiger partial charge in [-0.3, -0.25) is 4.79 Å². The summed E-state index contributed by atoms with van der Waals surface area (Å²) in [5.41, 5.74) is 5.35. The maximum Gasteiger partial charge on any atom is 0.308 e. The lowest BCUT2D eigenvalue weighted by Crippen LogP contribution is -2.26. The van der Waals surface area contributed by atoms with E-state index in [4.69, 9.17) is 15.2 Å². The predicted molar refractivity (Wildman–Crippen MR) is 50.3 cm³/mol. The van der Waals surface area contributed by atoms with E-state index >= 15 is 0 Å². The molecule has 0 bridgehead atoms. The Morgan fingerprint density at radius 1 is 1.46 bits per heavy atom. The first kappa shape index (κ1) is 12.4. The molecule has 0 rings (SSSR count). The highest BCUT2D eigenvalue weighted by Gasteiger charge is 2.12. The van der Waals surface area contributed by atoms with E-state index in [1.165, 1.54) is 7.11 Å². The third-order valence-corrected chi connectivity index (χ3v) is 1.57. The third kappa shape index (κ3) is 6.54. The van der Waals surface area contributed by atoms with Crippen LogP contribution in [0.25, 0.3) is 0 Å². The van der Waals surface area contributed by atoms with Gasteiger partial charge in [0.25, 0.3) is 0 Å². The molecule has 0 radical (unpaired) electrons. The Hall–Kier alpha value is -0.610. The number of nitrogens with two attached hydrogens (primary N) is 1. The molecule has 0 spiro atoms. The Bertz CT molecular complexity index is 144. The molecule has 0 aliphatic carbocycles. The van der Waals surface area contributed by atoms with Crippen molar-refractivity contribution in [2.75, 3.05) is 20.3 Å². The first-order chi connectivity index (χ1) is 6.10. The Balaban J connectivity index is 3.60. The van der Waals surface area contributed by atoms with Gasteiger partial charge in [-0.2, -0.15) is 0 Å². The first-order valence-electron chi connectivity index (χ1n) is 4.48. The molecule has 0 saturated heterocycles. The Kier molecular flexibility index (Phi) is 6.54. The summed E-state index contributed by atoms with van der Waals surface area (Å²) in [6.45, 7) is 4.78. The van der Waals surface area contributed by atoms with Crippen molar-refractivity contribution in [3.63, 3.8) is 0 Å². The Labute approximate surface area is 79.4 Å². The highest BCUT2D eigenvalue weighted by molar-refractivity contribution is 5.69. The molecule has 0 saturated carbocycles. The number of ether oxygens (including phenoxy) is 2. The topological polar surface area (TPSA) is 61.5 Å². The molecule has 78 valence electrons. The van der Waals surface area contributed by atoms with E-state index < -0.39 is 0 Å². The smallest absolute Gasteiger partial charge is 0.308 e. The van der Waals surface area contributed by atoms with E-state index in [-0.39, 0.29) is 18.5 Å². The minimum absolute atomic E-state index is 0.223. The van der Waals surface area contributed by atoms with Crippen LogP contribution in [0, 0.1) is 5.92 Å². The number of hydrogen-bond acceptors (Lipinski definition) is 4. The van der Waals surface area contributed by atoms with Crippen molar-refractivity contribution in [2.45, 2.75) is 26.4 Å². The Morgan fingerprint density at radius 3 is 2.46 bits per heavy atom. The standard InChI is InChI=1S/C9H19NO3/c1-7(2)6-13-9(11)4-8(5-10)12-3/h7-8H,4-6,10H2,1-3H3. The first-order valence-corrected chi connectivity index (χ1v) is 4.48. The Morgan fingerprint density at radius 2 is 2.08 bits per heavy atom. The van der Waals surface area contributed by atoms with E-state index in [1.807, 2.05) is 13.8 Å². The molecule has 13 heavy (non-hydrogen) atoms. The average molecular weight is 189 g/mol. The minimum atomic E-state index is -0.244. The summed E-state index contributed by atoms with van der Waals surface area (Å²) < 4.78 is 9.91. The number of hydrogen-bond donors (Lipinski definition) is 1. The van der Waals surface area contributed by atoms with Gasteiger partial charge in [0.1, 0.15) is 0 Å². The zero-order chi connectivity index (χ0) is 10.3. The van der Waals surface area contributed by atoms with Gasteiger partial charge in [0, 0.05) is 13.7 Å². The summed E-state index contributed by atoms with van der Waals surface area (Å²) in [6, 6.07) is 0. The molecule has 0 aliphatic rings. The van der Waals surface area contributed by atoms with Gasteiger partial charge in [0.2, 0.25) is 0 Å². The monoisotopic (exact) mass is 189 g/mol. The minimum Gasteiger partial charge on any atom is -0.465 e. The molecular weight excluding hydrogens is 170 g/mol. The quantitative estimate of drug-likeness (QED) is 0.620. The van der Waals surface area contributed by atoms with Gasteiger partial charge in [-0.15, -0.1) is 0 Å². The van der Waals surface area contributed by atoms with Crippen molar-refractivity contribution in [1.82, 2.24) is 0 Å². The van der Waals surface area contributed by atoms with E-state index in [0.717, 1.165) is 0 Å². The molecule has 4 nitrogen and oxygen atoms in total. The van der Waals surface area contributed by atoms with Gasteiger partial charge in [-0.25, -0.2) is 0 Å². The summed E-state index contributed by atoms with van der Waals surface area (Å²) >= 11 is 0. The highest BCUT2D eigenvalue weighted by Crippen LogP contribution is 2.00. The van der Waals surface area contributed by atoms with Crippen LogP contribution >= 0.6 is 0 Å². The normalized spacial score (nSPS) is 13.0. The summed E-state index contributed by atoms with van der Waals surface area (Å²) in [5.74, 6) is 0.119. The lowest BCUT2D eigenvalue weighted by atomic mass is 10.2. The number of carbonyl (C=O) groups excluding carboxylic acids is 1. The van der Waals surface area contributed by atoms with Crippen LogP contribution in [0.3, 0.4) is 0 Å². The van der Waals surface area contributed by atoms with Crippen molar-refractivity contribution >= 4 is 5.97 Å². The van der Waals surface area contributed by atoms with Crippen LogP contribution < -0.4 is 5.73 Å². The average Bonchev–Trinajstić information content (AvgIpc) is 2.10. The summed E-state index contributed by atoms with van der Waals surface area (Å²) in [7, 11) is 1.53. The van der Waals surface area contributed by atoms with E-state index in [9.17, 15) is 4.79 Å². The fourth-order valence-electron chi connectivity index (χ4n) is 0.767. The second kappa shape index (κ2) is 6.86. The van der Waals surface area contributed by atoms with Crippen LogP contribution in [0.1, 0.15) is 20.3 Å². The van der Waals surface area contributed by atoms with Crippen molar-refractivity contribution in [2.24, 2.45) is 11.7 Å². The lowest BCUT2D eigenvalue weighted by Gasteiger charge is -2.12. The molecule has 0 aromatic heterocycles.